The molecular formula is C15H20ClNO5S. The van der Waals surface area contributed by atoms with Gasteiger partial charge in [0.2, 0.25) is 0 Å². The fourth-order valence-corrected chi connectivity index (χ4v) is 2.46. The van der Waals surface area contributed by atoms with Crippen LogP contribution >= 0.6 is 11.6 Å². The monoisotopic (exact) mass is 361 g/mol. The summed E-state index contributed by atoms with van der Waals surface area (Å²) in [6, 6.07) is 3.74. The van der Waals surface area contributed by atoms with Gasteiger partial charge in [-0.3, -0.25) is 4.79 Å². The van der Waals surface area contributed by atoms with E-state index in [1.165, 1.54) is 19.1 Å². The summed E-state index contributed by atoms with van der Waals surface area (Å²) < 4.78 is 28.1. The predicted molar refractivity (Wildman–Crippen MR) is 87.3 cm³/mol. The van der Waals surface area contributed by atoms with Crippen LogP contribution in [0.3, 0.4) is 0 Å². The quantitative estimate of drug-likeness (QED) is 0.783. The summed E-state index contributed by atoms with van der Waals surface area (Å²) >= 11 is 5.91. The third kappa shape index (κ3) is 5.84. The number of ether oxygens (including phenoxy) is 1. The Kier molecular flexibility index (Phi) is 6.58. The van der Waals surface area contributed by atoms with E-state index in [0.717, 1.165) is 12.3 Å². The molecule has 6 nitrogen and oxygen atoms in total. The van der Waals surface area contributed by atoms with Gasteiger partial charge >= 0.3 is 5.97 Å². The van der Waals surface area contributed by atoms with Crippen LogP contribution in [-0.4, -0.2) is 39.2 Å². The first kappa shape index (κ1) is 19.4. The van der Waals surface area contributed by atoms with Crippen LogP contribution in [0.5, 0.6) is 0 Å². The van der Waals surface area contributed by atoms with Gasteiger partial charge in [-0.05, 0) is 31.0 Å². The van der Waals surface area contributed by atoms with Gasteiger partial charge in [0.1, 0.15) is 0 Å². The second-order valence-electron chi connectivity index (χ2n) is 5.60. The summed E-state index contributed by atoms with van der Waals surface area (Å²) in [4.78, 5) is 23.9. The van der Waals surface area contributed by atoms with E-state index in [1.807, 2.05) is 13.8 Å². The summed E-state index contributed by atoms with van der Waals surface area (Å²) in [6.45, 7) is 5.77. The number of hydrogen-bond acceptors (Lipinski definition) is 5. The molecule has 0 aromatic heterocycles. The standard InChI is InChI=1S/C15H20ClNO5S/c1-9(2)8-17-14(18)10(3)22-15(19)12-7-11(23(4,20)21)5-6-13(12)16/h5-7,9-10H,8H2,1-4H3,(H,17,18)/t10-/m0/s1. The van der Waals surface area contributed by atoms with E-state index in [2.05, 4.69) is 5.32 Å². The maximum Gasteiger partial charge on any atom is 0.340 e. The predicted octanol–water partition coefficient (Wildman–Crippen LogP) is 2.06. The van der Waals surface area contributed by atoms with Crippen molar-refractivity contribution >= 4 is 33.3 Å². The molecule has 0 fully saturated rings. The number of benzene rings is 1. The number of hydrogen-bond donors (Lipinski definition) is 1. The first-order valence-electron chi connectivity index (χ1n) is 7.00. The maximum atomic E-state index is 12.1. The van der Waals surface area contributed by atoms with Gasteiger partial charge in [-0.15, -0.1) is 0 Å². The van der Waals surface area contributed by atoms with Gasteiger partial charge in [0, 0.05) is 12.8 Å². The van der Waals surface area contributed by atoms with Crippen molar-refractivity contribution in [3.8, 4) is 0 Å². The largest absolute Gasteiger partial charge is 0.449 e. The lowest BCUT2D eigenvalue weighted by Crippen LogP contribution is -2.37. The third-order valence-electron chi connectivity index (χ3n) is 2.92. The number of nitrogens with one attached hydrogen (secondary N) is 1. The molecule has 0 aliphatic carbocycles. The minimum atomic E-state index is -3.48. The zero-order chi connectivity index (χ0) is 17.8. The Hall–Kier alpha value is -1.60. The topological polar surface area (TPSA) is 89.5 Å². The first-order chi connectivity index (χ1) is 10.5. The van der Waals surface area contributed by atoms with Crippen LogP contribution in [0.2, 0.25) is 5.02 Å². The molecule has 8 heteroatoms. The molecular weight excluding hydrogens is 342 g/mol. The van der Waals surface area contributed by atoms with Gasteiger partial charge in [-0.1, -0.05) is 25.4 Å². The van der Waals surface area contributed by atoms with Crippen LogP contribution < -0.4 is 5.32 Å². The molecule has 1 amide bonds. The molecule has 0 heterocycles. The zero-order valence-electron chi connectivity index (χ0n) is 13.4. The highest BCUT2D eigenvalue weighted by Crippen LogP contribution is 2.21. The van der Waals surface area contributed by atoms with Crippen molar-refractivity contribution in [2.45, 2.75) is 31.8 Å². The molecule has 1 aromatic carbocycles. The molecule has 1 N–H and O–H groups in total. The average molecular weight is 362 g/mol. The smallest absolute Gasteiger partial charge is 0.340 e. The SMILES string of the molecule is CC(C)CNC(=O)[C@H](C)OC(=O)c1cc(S(C)(=O)=O)ccc1Cl. The molecule has 1 atom stereocenters. The number of halogens is 1. The van der Waals surface area contributed by atoms with Gasteiger partial charge in [-0.25, -0.2) is 13.2 Å². The Bertz CT molecular complexity index is 700. The third-order valence-corrected chi connectivity index (χ3v) is 4.36. The van der Waals surface area contributed by atoms with Gasteiger partial charge in [-0.2, -0.15) is 0 Å². The van der Waals surface area contributed by atoms with Crippen molar-refractivity contribution in [2.75, 3.05) is 12.8 Å². The van der Waals surface area contributed by atoms with Gasteiger partial charge < -0.3 is 10.1 Å². The molecule has 0 bridgehead atoms. The van der Waals surface area contributed by atoms with E-state index in [1.54, 1.807) is 0 Å². The highest BCUT2D eigenvalue weighted by Gasteiger charge is 2.22. The molecule has 23 heavy (non-hydrogen) atoms. The van der Waals surface area contributed by atoms with E-state index >= 15 is 0 Å². The molecule has 0 unspecified atom stereocenters. The van der Waals surface area contributed by atoms with Crippen LogP contribution in [0, 0.1) is 5.92 Å². The van der Waals surface area contributed by atoms with Crippen molar-refractivity contribution in [3.05, 3.63) is 28.8 Å². The molecule has 0 aliphatic rings. The Labute approximate surface area is 141 Å². The number of rotatable bonds is 6. The lowest BCUT2D eigenvalue weighted by atomic mass is 10.2. The molecule has 0 radical (unpaired) electrons. The van der Waals surface area contributed by atoms with Gasteiger partial charge in [0.15, 0.2) is 15.9 Å². The van der Waals surface area contributed by atoms with E-state index in [0.29, 0.717) is 6.54 Å². The maximum absolute atomic E-state index is 12.1. The number of sulfone groups is 1. The Morgan fingerprint density at radius 2 is 1.87 bits per heavy atom. The van der Waals surface area contributed by atoms with Crippen LogP contribution in [-0.2, 0) is 19.4 Å². The van der Waals surface area contributed by atoms with Gasteiger partial charge in [0.25, 0.3) is 5.91 Å². The summed E-state index contributed by atoms with van der Waals surface area (Å²) in [5.41, 5.74) is -0.0990. The second kappa shape index (κ2) is 7.79. The van der Waals surface area contributed by atoms with Crippen molar-refractivity contribution in [1.29, 1.82) is 0 Å². The van der Waals surface area contributed by atoms with Gasteiger partial charge in [0.05, 0.1) is 15.5 Å². The molecule has 0 spiro atoms. The Morgan fingerprint density at radius 1 is 1.26 bits per heavy atom. The molecule has 0 aliphatic heterocycles. The first-order valence-corrected chi connectivity index (χ1v) is 9.27. The summed E-state index contributed by atoms with van der Waals surface area (Å²) in [5.74, 6) is -1.02. The van der Waals surface area contributed by atoms with E-state index in [-0.39, 0.29) is 21.4 Å². The van der Waals surface area contributed by atoms with E-state index in [9.17, 15) is 18.0 Å². The van der Waals surface area contributed by atoms with Crippen LogP contribution in [0.1, 0.15) is 31.1 Å². The number of esters is 1. The molecule has 0 saturated heterocycles. The fraction of sp³-hybridized carbons (Fsp3) is 0.467. The van der Waals surface area contributed by atoms with Crippen molar-refractivity contribution < 1.29 is 22.7 Å². The van der Waals surface area contributed by atoms with Crippen LogP contribution in [0.4, 0.5) is 0 Å². The van der Waals surface area contributed by atoms with Crippen LogP contribution in [0.15, 0.2) is 23.1 Å². The number of carbonyl (C=O) groups excluding carboxylic acids is 2. The highest BCUT2D eigenvalue weighted by atomic mass is 35.5. The summed E-state index contributed by atoms with van der Waals surface area (Å²) in [6.07, 6.45) is 0.00654. The lowest BCUT2D eigenvalue weighted by molar-refractivity contribution is -0.129. The second-order valence-corrected chi connectivity index (χ2v) is 8.02. The Balaban J connectivity index is 2.87. The molecule has 1 aromatic rings. The minimum absolute atomic E-state index is 0.0502. The normalized spacial score (nSPS) is 12.8. The highest BCUT2D eigenvalue weighted by molar-refractivity contribution is 7.90. The minimum Gasteiger partial charge on any atom is -0.449 e. The molecule has 128 valence electrons. The molecule has 0 saturated carbocycles. The Morgan fingerprint density at radius 3 is 2.39 bits per heavy atom. The summed E-state index contributed by atoms with van der Waals surface area (Å²) in [5, 5.41) is 2.70. The van der Waals surface area contributed by atoms with Crippen molar-refractivity contribution in [2.24, 2.45) is 5.92 Å². The zero-order valence-corrected chi connectivity index (χ0v) is 15.0. The van der Waals surface area contributed by atoms with Crippen molar-refractivity contribution in [1.82, 2.24) is 5.32 Å². The fourth-order valence-electron chi connectivity index (χ4n) is 1.62. The number of carbonyl (C=O) groups is 2. The summed E-state index contributed by atoms with van der Waals surface area (Å²) in [7, 11) is -3.48. The van der Waals surface area contributed by atoms with E-state index < -0.39 is 27.8 Å². The lowest BCUT2D eigenvalue weighted by Gasteiger charge is -2.15. The van der Waals surface area contributed by atoms with Crippen LogP contribution in [0.25, 0.3) is 0 Å². The van der Waals surface area contributed by atoms with E-state index in [4.69, 9.17) is 16.3 Å². The molecule has 1 rings (SSSR count). The average Bonchev–Trinajstić information content (AvgIpc) is 2.43. The van der Waals surface area contributed by atoms with Crippen molar-refractivity contribution in [3.63, 3.8) is 0 Å². The number of amides is 1.